The van der Waals surface area contributed by atoms with Crippen molar-refractivity contribution in [2.24, 2.45) is 0 Å². The minimum Gasteiger partial charge on any atom is -0.395 e. The summed E-state index contributed by atoms with van der Waals surface area (Å²) in [7, 11) is 0. The zero-order valence-corrected chi connectivity index (χ0v) is 15.7. The van der Waals surface area contributed by atoms with Crippen LogP contribution in [0.4, 0.5) is 4.79 Å². The number of hydrogen-bond donors (Lipinski definition) is 2. The SMILES string of the molecule is O=C(NC1CCc2c(Br)cccc21)N(CCO)CCc1ccccc1. The lowest BCUT2D eigenvalue weighted by molar-refractivity contribution is 0.174. The number of rotatable bonds is 6. The van der Waals surface area contributed by atoms with Crippen molar-refractivity contribution >= 4 is 22.0 Å². The molecule has 0 spiro atoms. The molecule has 25 heavy (non-hydrogen) atoms. The Morgan fingerprint density at radius 3 is 2.72 bits per heavy atom. The lowest BCUT2D eigenvalue weighted by Gasteiger charge is -2.25. The monoisotopic (exact) mass is 402 g/mol. The quantitative estimate of drug-likeness (QED) is 0.773. The molecule has 0 saturated carbocycles. The number of nitrogens with zero attached hydrogens (tertiary/aromatic N) is 1. The minimum absolute atomic E-state index is 0.0327. The molecule has 1 unspecified atom stereocenters. The van der Waals surface area contributed by atoms with Crippen LogP contribution in [-0.2, 0) is 12.8 Å². The third-order valence-electron chi connectivity index (χ3n) is 4.68. The van der Waals surface area contributed by atoms with Gasteiger partial charge in [0.1, 0.15) is 0 Å². The third kappa shape index (κ3) is 4.41. The van der Waals surface area contributed by atoms with Crippen LogP contribution in [0.5, 0.6) is 0 Å². The summed E-state index contributed by atoms with van der Waals surface area (Å²) in [6.45, 7) is 0.903. The van der Waals surface area contributed by atoms with Crippen molar-refractivity contribution < 1.29 is 9.90 Å². The highest BCUT2D eigenvalue weighted by molar-refractivity contribution is 9.10. The van der Waals surface area contributed by atoms with Crippen LogP contribution in [0.25, 0.3) is 0 Å². The molecule has 1 aliphatic rings. The van der Waals surface area contributed by atoms with Gasteiger partial charge >= 0.3 is 6.03 Å². The molecule has 2 N–H and O–H groups in total. The Labute approximate surface area is 157 Å². The zero-order valence-electron chi connectivity index (χ0n) is 14.1. The van der Waals surface area contributed by atoms with Gasteiger partial charge in [0, 0.05) is 17.6 Å². The summed E-state index contributed by atoms with van der Waals surface area (Å²) in [6.07, 6.45) is 2.65. The Balaban J connectivity index is 1.63. The fraction of sp³-hybridized carbons (Fsp3) is 0.350. The van der Waals surface area contributed by atoms with Gasteiger partial charge in [0.25, 0.3) is 0 Å². The number of halogens is 1. The van der Waals surface area contributed by atoms with Crippen LogP contribution in [0, 0.1) is 0 Å². The van der Waals surface area contributed by atoms with Crippen LogP contribution in [-0.4, -0.2) is 35.7 Å². The second-order valence-corrected chi connectivity index (χ2v) is 7.15. The molecule has 5 heteroatoms. The van der Waals surface area contributed by atoms with Gasteiger partial charge in [-0.3, -0.25) is 0 Å². The Morgan fingerprint density at radius 2 is 1.96 bits per heavy atom. The normalized spacial score (nSPS) is 15.7. The Bertz CT molecular complexity index is 721. The molecule has 4 nitrogen and oxygen atoms in total. The molecule has 0 bridgehead atoms. The first-order valence-corrected chi connectivity index (χ1v) is 9.46. The summed E-state index contributed by atoms with van der Waals surface area (Å²) < 4.78 is 1.11. The summed E-state index contributed by atoms with van der Waals surface area (Å²) in [5, 5.41) is 12.4. The highest BCUT2D eigenvalue weighted by atomic mass is 79.9. The zero-order chi connectivity index (χ0) is 17.6. The van der Waals surface area contributed by atoms with E-state index in [9.17, 15) is 9.90 Å². The van der Waals surface area contributed by atoms with E-state index in [2.05, 4.69) is 39.4 Å². The molecule has 132 valence electrons. The van der Waals surface area contributed by atoms with Crippen LogP contribution >= 0.6 is 15.9 Å². The minimum atomic E-state index is -0.109. The van der Waals surface area contributed by atoms with Gasteiger partial charge in [-0.05, 0) is 42.0 Å². The molecule has 0 aliphatic heterocycles. The fourth-order valence-electron chi connectivity index (χ4n) is 3.34. The van der Waals surface area contributed by atoms with Gasteiger partial charge in [-0.1, -0.05) is 58.4 Å². The number of urea groups is 1. The Morgan fingerprint density at radius 1 is 1.16 bits per heavy atom. The molecule has 1 aliphatic carbocycles. The summed E-state index contributed by atoms with van der Waals surface area (Å²) in [5.41, 5.74) is 3.66. The number of aliphatic hydroxyl groups excluding tert-OH is 1. The van der Waals surface area contributed by atoms with Crippen molar-refractivity contribution in [3.8, 4) is 0 Å². The van der Waals surface area contributed by atoms with Crippen molar-refractivity contribution in [2.75, 3.05) is 19.7 Å². The number of aliphatic hydroxyl groups is 1. The lowest BCUT2D eigenvalue weighted by atomic mass is 10.1. The van der Waals surface area contributed by atoms with Crippen molar-refractivity contribution in [2.45, 2.75) is 25.3 Å². The molecule has 2 aromatic rings. The predicted octanol–water partition coefficient (Wildman–Crippen LogP) is 3.68. The van der Waals surface area contributed by atoms with Crippen molar-refractivity contribution in [1.82, 2.24) is 10.2 Å². The highest BCUT2D eigenvalue weighted by Gasteiger charge is 2.26. The molecule has 0 saturated heterocycles. The van der Waals surface area contributed by atoms with Gasteiger partial charge in [0.2, 0.25) is 0 Å². The molecule has 0 heterocycles. The number of hydrogen-bond acceptors (Lipinski definition) is 2. The van der Waals surface area contributed by atoms with Crippen LogP contribution in [0.15, 0.2) is 53.0 Å². The average Bonchev–Trinajstić information content (AvgIpc) is 3.04. The van der Waals surface area contributed by atoms with E-state index in [1.807, 2.05) is 30.3 Å². The van der Waals surface area contributed by atoms with Gasteiger partial charge in [-0.25, -0.2) is 4.79 Å². The summed E-state index contributed by atoms with van der Waals surface area (Å²) in [4.78, 5) is 14.4. The highest BCUT2D eigenvalue weighted by Crippen LogP contribution is 2.35. The van der Waals surface area contributed by atoms with E-state index in [4.69, 9.17) is 0 Å². The molecule has 0 radical (unpaired) electrons. The number of carbonyl (C=O) groups excluding carboxylic acids is 1. The van der Waals surface area contributed by atoms with E-state index >= 15 is 0 Å². The Hall–Kier alpha value is -1.85. The van der Waals surface area contributed by atoms with E-state index in [1.165, 1.54) is 16.7 Å². The predicted molar refractivity (Wildman–Crippen MR) is 103 cm³/mol. The fourth-order valence-corrected chi connectivity index (χ4v) is 3.92. The van der Waals surface area contributed by atoms with E-state index < -0.39 is 0 Å². The third-order valence-corrected chi connectivity index (χ3v) is 5.42. The van der Waals surface area contributed by atoms with Crippen molar-refractivity contribution in [3.05, 3.63) is 69.7 Å². The molecular formula is C20H23BrN2O2. The van der Waals surface area contributed by atoms with Crippen LogP contribution in [0.2, 0.25) is 0 Å². The lowest BCUT2D eigenvalue weighted by Crippen LogP contribution is -2.43. The van der Waals surface area contributed by atoms with Crippen LogP contribution in [0.3, 0.4) is 0 Å². The Kier molecular flexibility index (Phi) is 6.10. The molecule has 2 amide bonds. The molecule has 2 aromatic carbocycles. The van der Waals surface area contributed by atoms with Gasteiger partial charge in [0.15, 0.2) is 0 Å². The second kappa shape index (κ2) is 8.50. The van der Waals surface area contributed by atoms with Crippen LogP contribution < -0.4 is 5.32 Å². The van der Waals surface area contributed by atoms with E-state index in [0.717, 1.165) is 23.7 Å². The molecule has 0 fully saturated rings. The number of nitrogens with one attached hydrogen (secondary N) is 1. The summed E-state index contributed by atoms with van der Waals surface area (Å²) >= 11 is 3.59. The van der Waals surface area contributed by atoms with E-state index in [0.29, 0.717) is 13.1 Å². The molecule has 3 rings (SSSR count). The number of fused-ring (bicyclic) bond motifs is 1. The van der Waals surface area contributed by atoms with Gasteiger partial charge in [-0.15, -0.1) is 0 Å². The maximum atomic E-state index is 12.7. The van der Waals surface area contributed by atoms with Crippen LogP contribution in [0.1, 0.15) is 29.2 Å². The molecule has 1 atom stereocenters. The average molecular weight is 403 g/mol. The number of benzene rings is 2. The summed E-state index contributed by atoms with van der Waals surface area (Å²) in [5.74, 6) is 0. The smallest absolute Gasteiger partial charge is 0.317 e. The standard InChI is InChI=1S/C20H23BrN2O2/c21-18-8-4-7-17-16(18)9-10-19(17)22-20(25)23(13-14-24)12-11-15-5-2-1-3-6-15/h1-8,19,24H,9-14H2,(H,22,25). The molecule has 0 aromatic heterocycles. The van der Waals surface area contributed by atoms with Crippen molar-refractivity contribution in [3.63, 3.8) is 0 Å². The first-order valence-electron chi connectivity index (χ1n) is 8.66. The van der Waals surface area contributed by atoms with Crippen molar-refractivity contribution in [1.29, 1.82) is 0 Å². The second-order valence-electron chi connectivity index (χ2n) is 6.29. The summed E-state index contributed by atoms with van der Waals surface area (Å²) in [6, 6.07) is 16.2. The first-order chi connectivity index (χ1) is 12.2. The van der Waals surface area contributed by atoms with Gasteiger partial charge < -0.3 is 15.3 Å². The topological polar surface area (TPSA) is 52.6 Å². The number of carbonyl (C=O) groups is 1. The van der Waals surface area contributed by atoms with E-state index in [-0.39, 0.29) is 18.7 Å². The maximum absolute atomic E-state index is 12.7. The van der Waals surface area contributed by atoms with Gasteiger partial charge in [0.05, 0.1) is 12.6 Å². The van der Waals surface area contributed by atoms with E-state index in [1.54, 1.807) is 4.90 Å². The largest absolute Gasteiger partial charge is 0.395 e. The first kappa shape index (κ1) is 18.0. The van der Waals surface area contributed by atoms with Gasteiger partial charge in [-0.2, -0.15) is 0 Å². The maximum Gasteiger partial charge on any atom is 0.317 e. The number of amides is 2. The molecular weight excluding hydrogens is 380 g/mol.